The lowest BCUT2D eigenvalue weighted by atomic mass is 10.1. The van der Waals surface area contributed by atoms with E-state index in [1.165, 1.54) is 10.4 Å². The Hall–Kier alpha value is -2.64. The summed E-state index contributed by atoms with van der Waals surface area (Å²) in [4.78, 5) is 25.3. The molecule has 25 heavy (non-hydrogen) atoms. The molecule has 3 heterocycles. The average molecular weight is 355 g/mol. The molecule has 0 saturated carbocycles. The van der Waals surface area contributed by atoms with Gasteiger partial charge in [-0.05, 0) is 29.1 Å². The van der Waals surface area contributed by atoms with Gasteiger partial charge in [-0.1, -0.05) is 12.1 Å². The number of likely N-dealkylation sites (N-methyl/N-ethyl adjacent to an activating group) is 1. The maximum atomic E-state index is 12.1. The van der Waals surface area contributed by atoms with Gasteiger partial charge in [-0.15, -0.1) is 11.3 Å². The van der Waals surface area contributed by atoms with Gasteiger partial charge in [-0.2, -0.15) is 0 Å². The Labute approximate surface area is 148 Å². The molecule has 2 amide bonds. The number of fused-ring (bicyclic) bond motifs is 3. The molecule has 0 bridgehead atoms. The number of aromatic nitrogens is 1. The van der Waals surface area contributed by atoms with Crippen molar-refractivity contribution in [1.29, 1.82) is 0 Å². The summed E-state index contributed by atoms with van der Waals surface area (Å²) in [7, 11) is 1.83. The second-order valence-corrected chi connectivity index (χ2v) is 7.13. The van der Waals surface area contributed by atoms with Gasteiger partial charge < -0.3 is 9.47 Å². The maximum Gasteiger partial charge on any atom is 0.274 e. The molecule has 0 radical (unpaired) electrons. The van der Waals surface area contributed by atoms with Crippen molar-refractivity contribution in [3.05, 3.63) is 58.1 Å². The van der Waals surface area contributed by atoms with E-state index in [1.807, 2.05) is 19.2 Å². The number of rotatable bonds is 3. The van der Waals surface area contributed by atoms with E-state index in [1.54, 1.807) is 33.8 Å². The fourth-order valence-electron chi connectivity index (χ4n) is 3.33. The van der Waals surface area contributed by atoms with E-state index in [0.717, 1.165) is 16.6 Å². The van der Waals surface area contributed by atoms with Gasteiger partial charge >= 0.3 is 0 Å². The molecule has 128 valence electrons. The zero-order valence-corrected chi connectivity index (χ0v) is 14.5. The topological polar surface area (TPSA) is 74.6 Å². The third-order valence-corrected chi connectivity index (χ3v) is 5.65. The Bertz CT molecular complexity index is 972. The SMILES string of the molecule is CN1Cc2c(c3sccc3n2Cc2ccc(C(=O)NO)cc2)CC1=O. The molecule has 0 spiro atoms. The Kier molecular flexibility index (Phi) is 3.82. The molecule has 0 atom stereocenters. The molecular formula is C18H17N3O3S. The minimum Gasteiger partial charge on any atom is -0.340 e. The van der Waals surface area contributed by atoms with Crippen LogP contribution in [0, 0.1) is 0 Å². The highest BCUT2D eigenvalue weighted by atomic mass is 32.1. The van der Waals surface area contributed by atoms with E-state index in [2.05, 4.69) is 16.0 Å². The minimum absolute atomic E-state index is 0.152. The monoisotopic (exact) mass is 355 g/mol. The summed E-state index contributed by atoms with van der Waals surface area (Å²) in [5.74, 6) is -0.371. The standard InChI is InChI=1S/C18H17N3O3S/c1-20-10-15-13(8-16(20)22)17-14(6-7-25-17)21(15)9-11-2-4-12(5-3-11)18(23)19-24/h2-7,24H,8-10H2,1H3,(H,19,23). The minimum atomic E-state index is -0.523. The Morgan fingerprint density at radius 1 is 1.28 bits per heavy atom. The van der Waals surface area contributed by atoms with Gasteiger partial charge in [0.05, 0.1) is 23.2 Å². The van der Waals surface area contributed by atoms with E-state index >= 15 is 0 Å². The summed E-state index contributed by atoms with van der Waals surface area (Å²) in [5.41, 5.74) is 6.57. The van der Waals surface area contributed by atoms with Crippen LogP contribution in [0.2, 0.25) is 0 Å². The normalized spacial score (nSPS) is 14.0. The quantitative estimate of drug-likeness (QED) is 0.560. The van der Waals surface area contributed by atoms with E-state index in [-0.39, 0.29) is 5.91 Å². The molecule has 6 nitrogen and oxygen atoms in total. The van der Waals surface area contributed by atoms with Crippen LogP contribution in [0.5, 0.6) is 0 Å². The van der Waals surface area contributed by atoms with Gasteiger partial charge in [0.25, 0.3) is 5.91 Å². The molecular weight excluding hydrogens is 338 g/mol. The summed E-state index contributed by atoms with van der Waals surface area (Å²) in [6.45, 7) is 1.28. The number of benzene rings is 1. The van der Waals surface area contributed by atoms with Crippen molar-refractivity contribution in [2.75, 3.05) is 7.05 Å². The van der Waals surface area contributed by atoms with Crippen LogP contribution in [0.1, 0.15) is 27.2 Å². The molecule has 0 fully saturated rings. The molecule has 1 aliphatic rings. The maximum absolute atomic E-state index is 12.1. The average Bonchev–Trinajstić information content (AvgIpc) is 3.19. The van der Waals surface area contributed by atoms with Crippen LogP contribution in [0.4, 0.5) is 0 Å². The van der Waals surface area contributed by atoms with E-state index in [9.17, 15) is 9.59 Å². The van der Waals surface area contributed by atoms with Crippen molar-refractivity contribution in [2.24, 2.45) is 0 Å². The molecule has 0 unspecified atom stereocenters. The number of nitrogens with zero attached hydrogens (tertiary/aromatic N) is 2. The summed E-state index contributed by atoms with van der Waals surface area (Å²) in [5, 5.41) is 10.8. The molecule has 7 heteroatoms. The van der Waals surface area contributed by atoms with Crippen molar-refractivity contribution in [1.82, 2.24) is 14.9 Å². The van der Waals surface area contributed by atoms with Crippen LogP contribution < -0.4 is 5.48 Å². The van der Waals surface area contributed by atoms with Crippen LogP contribution in [0.3, 0.4) is 0 Å². The Morgan fingerprint density at radius 2 is 2.04 bits per heavy atom. The molecule has 1 aliphatic heterocycles. The van der Waals surface area contributed by atoms with E-state index < -0.39 is 5.91 Å². The van der Waals surface area contributed by atoms with Crippen molar-refractivity contribution in [3.8, 4) is 0 Å². The predicted octanol–water partition coefficient (Wildman–Crippen LogP) is 2.38. The van der Waals surface area contributed by atoms with Gasteiger partial charge in [-0.3, -0.25) is 14.8 Å². The molecule has 0 saturated heterocycles. The lowest BCUT2D eigenvalue weighted by molar-refractivity contribution is -0.130. The summed E-state index contributed by atoms with van der Waals surface area (Å²) < 4.78 is 3.44. The molecule has 4 rings (SSSR count). The van der Waals surface area contributed by atoms with Crippen LogP contribution in [-0.4, -0.2) is 33.5 Å². The zero-order valence-electron chi connectivity index (χ0n) is 13.7. The summed E-state index contributed by atoms with van der Waals surface area (Å²) in [6.07, 6.45) is 0.450. The zero-order chi connectivity index (χ0) is 17.6. The number of nitrogens with one attached hydrogen (secondary N) is 1. The number of carbonyl (C=O) groups is 2. The fraction of sp³-hybridized carbons (Fsp3) is 0.222. The molecule has 0 aliphatic carbocycles. The molecule has 3 aromatic rings. The third kappa shape index (κ3) is 2.61. The van der Waals surface area contributed by atoms with Crippen LogP contribution >= 0.6 is 11.3 Å². The van der Waals surface area contributed by atoms with Crippen molar-refractivity contribution in [3.63, 3.8) is 0 Å². The molecule has 1 aromatic carbocycles. The smallest absolute Gasteiger partial charge is 0.274 e. The third-order valence-electron chi connectivity index (χ3n) is 4.68. The highest BCUT2D eigenvalue weighted by Gasteiger charge is 2.27. The number of carbonyl (C=O) groups excluding carboxylic acids is 2. The Balaban J connectivity index is 1.72. The van der Waals surface area contributed by atoms with Crippen molar-refractivity contribution in [2.45, 2.75) is 19.5 Å². The second-order valence-electron chi connectivity index (χ2n) is 6.21. The summed E-state index contributed by atoms with van der Waals surface area (Å²) in [6, 6.07) is 9.24. The van der Waals surface area contributed by atoms with Gasteiger partial charge in [-0.25, -0.2) is 5.48 Å². The van der Waals surface area contributed by atoms with Gasteiger partial charge in [0.15, 0.2) is 0 Å². The van der Waals surface area contributed by atoms with Crippen LogP contribution in [-0.2, 0) is 24.3 Å². The lowest BCUT2D eigenvalue weighted by Gasteiger charge is -2.24. The van der Waals surface area contributed by atoms with E-state index in [4.69, 9.17) is 5.21 Å². The first-order valence-corrected chi connectivity index (χ1v) is 8.81. The largest absolute Gasteiger partial charge is 0.340 e. The van der Waals surface area contributed by atoms with Crippen LogP contribution in [0.15, 0.2) is 35.7 Å². The highest BCUT2D eigenvalue weighted by Crippen LogP contribution is 2.35. The van der Waals surface area contributed by atoms with Crippen LogP contribution in [0.25, 0.3) is 10.2 Å². The first-order chi connectivity index (χ1) is 12.1. The van der Waals surface area contributed by atoms with Crippen molar-refractivity contribution < 1.29 is 14.8 Å². The fourth-order valence-corrected chi connectivity index (χ4v) is 4.30. The number of hydrogen-bond donors (Lipinski definition) is 2. The predicted molar refractivity (Wildman–Crippen MR) is 94.8 cm³/mol. The second kappa shape index (κ2) is 6.02. The first-order valence-electron chi connectivity index (χ1n) is 7.93. The number of thiophene rings is 1. The van der Waals surface area contributed by atoms with Crippen molar-refractivity contribution >= 4 is 33.4 Å². The lowest BCUT2D eigenvalue weighted by Crippen LogP contribution is -2.33. The van der Waals surface area contributed by atoms with Gasteiger partial charge in [0.1, 0.15) is 0 Å². The van der Waals surface area contributed by atoms with Gasteiger partial charge in [0.2, 0.25) is 5.91 Å². The molecule has 2 N–H and O–H groups in total. The Morgan fingerprint density at radius 3 is 2.76 bits per heavy atom. The number of hydroxylamine groups is 1. The number of hydrogen-bond acceptors (Lipinski definition) is 4. The van der Waals surface area contributed by atoms with E-state index in [0.29, 0.717) is 25.1 Å². The van der Waals surface area contributed by atoms with Gasteiger partial charge in [0, 0.05) is 30.4 Å². The highest BCUT2D eigenvalue weighted by molar-refractivity contribution is 7.17. The first kappa shape index (κ1) is 15.9. The number of amides is 2. The summed E-state index contributed by atoms with van der Waals surface area (Å²) >= 11 is 1.67. The molecule has 2 aromatic heterocycles.